The molecule has 0 bridgehead atoms. The van der Waals surface area contributed by atoms with E-state index in [4.69, 9.17) is 24.1 Å². The number of ether oxygens (including phenoxy) is 4. The molecule has 0 unspecified atom stereocenters. The summed E-state index contributed by atoms with van der Waals surface area (Å²) in [5.74, 6) is 1.91. The summed E-state index contributed by atoms with van der Waals surface area (Å²) in [6, 6.07) is 9.11. The Morgan fingerprint density at radius 2 is 1.50 bits per heavy atom. The van der Waals surface area contributed by atoms with Crippen LogP contribution in [0, 0.1) is 0 Å². The van der Waals surface area contributed by atoms with Crippen LogP contribution in [-0.4, -0.2) is 46.1 Å². The number of hydrogen-bond acceptors (Lipinski definition) is 6. The molecule has 0 atom stereocenters. The molecule has 2 N–H and O–H groups in total. The highest BCUT2D eigenvalue weighted by Crippen LogP contribution is 2.38. The topological polar surface area (TPSA) is 86.3 Å². The summed E-state index contributed by atoms with van der Waals surface area (Å²) >= 11 is 0. The first-order chi connectivity index (χ1) is 13.6. The van der Waals surface area contributed by atoms with Gasteiger partial charge in [0.1, 0.15) is 5.75 Å². The fourth-order valence-electron chi connectivity index (χ4n) is 2.63. The first kappa shape index (κ1) is 21.1. The molecule has 1 amide bonds. The van der Waals surface area contributed by atoms with Gasteiger partial charge in [-0.3, -0.25) is 4.79 Å². The average Bonchev–Trinajstić information content (AvgIpc) is 2.71. The molecule has 28 heavy (non-hydrogen) atoms. The minimum Gasteiger partial charge on any atom is -0.495 e. The number of methoxy groups -OCH3 is 4. The molecule has 0 saturated carbocycles. The van der Waals surface area contributed by atoms with Gasteiger partial charge in [0, 0.05) is 0 Å². The summed E-state index contributed by atoms with van der Waals surface area (Å²) in [6.45, 7) is -0.213. The van der Waals surface area contributed by atoms with Gasteiger partial charge in [0.05, 0.1) is 47.2 Å². The number of amides is 1. The molecular weight excluding hydrogens is 362 g/mol. The van der Waals surface area contributed by atoms with Gasteiger partial charge in [-0.25, -0.2) is 0 Å². The highest BCUT2D eigenvalue weighted by molar-refractivity contribution is 5.93. The zero-order valence-corrected chi connectivity index (χ0v) is 16.4. The Labute approximate surface area is 164 Å². The maximum absolute atomic E-state index is 11.8. The fourth-order valence-corrected chi connectivity index (χ4v) is 2.63. The zero-order valence-electron chi connectivity index (χ0n) is 16.4. The largest absolute Gasteiger partial charge is 0.495 e. The lowest BCUT2D eigenvalue weighted by molar-refractivity contribution is -0.116. The van der Waals surface area contributed by atoms with E-state index >= 15 is 0 Å². The van der Waals surface area contributed by atoms with Crippen LogP contribution in [0.15, 0.2) is 30.3 Å². The van der Waals surface area contributed by atoms with Crippen LogP contribution in [0.3, 0.4) is 0 Å². The fraction of sp³-hybridized carbons (Fsp3) is 0.286. The Hall–Kier alpha value is -3.19. The third kappa shape index (κ3) is 5.17. The molecule has 7 nitrogen and oxygen atoms in total. The van der Waals surface area contributed by atoms with Crippen molar-refractivity contribution < 1.29 is 28.8 Å². The summed E-state index contributed by atoms with van der Waals surface area (Å²) in [5.41, 5.74) is 2.25. The smallest absolute Gasteiger partial charge is 0.226 e. The number of rotatable bonds is 9. The number of benzene rings is 2. The van der Waals surface area contributed by atoms with E-state index in [0.29, 0.717) is 28.7 Å². The molecule has 2 aromatic carbocycles. The minimum atomic E-state index is -0.286. The molecule has 2 rings (SSSR count). The zero-order chi connectivity index (χ0) is 20.5. The summed E-state index contributed by atoms with van der Waals surface area (Å²) in [7, 11) is 6.22. The van der Waals surface area contributed by atoms with Gasteiger partial charge < -0.3 is 29.4 Å². The van der Waals surface area contributed by atoms with Gasteiger partial charge in [0.2, 0.25) is 11.7 Å². The number of aliphatic hydroxyl groups excluding tert-OH is 1. The highest BCUT2D eigenvalue weighted by atomic mass is 16.5. The molecule has 0 aliphatic carbocycles. The Bertz CT molecular complexity index is 822. The second-order valence-corrected chi connectivity index (χ2v) is 5.77. The van der Waals surface area contributed by atoms with E-state index in [9.17, 15) is 4.79 Å². The average molecular weight is 387 g/mol. The standard InChI is InChI=1S/C21H25NO6/c1-25-17-8-7-14(11-16(17)22-20(24)9-10-23)5-6-15-12-18(26-2)21(28-4)19(13-15)27-3/h5-8,11-13,23H,9-10H2,1-4H3,(H,22,24)/b6-5-. The van der Waals surface area contributed by atoms with Crippen molar-refractivity contribution >= 4 is 23.7 Å². The number of carbonyl (C=O) groups excluding carboxylic acids is 1. The second-order valence-electron chi connectivity index (χ2n) is 5.77. The summed E-state index contributed by atoms with van der Waals surface area (Å²) < 4.78 is 21.3. The minimum absolute atomic E-state index is 0.0225. The van der Waals surface area contributed by atoms with E-state index in [-0.39, 0.29) is 18.9 Å². The molecule has 0 aromatic heterocycles. The number of carbonyl (C=O) groups is 1. The maximum Gasteiger partial charge on any atom is 0.226 e. The van der Waals surface area contributed by atoms with Gasteiger partial charge in [0.25, 0.3) is 0 Å². The van der Waals surface area contributed by atoms with Gasteiger partial charge >= 0.3 is 0 Å². The lowest BCUT2D eigenvalue weighted by Crippen LogP contribution is -2.13. The number of nitrogens with one attached hydrogen (secondary N) is 1. The van der Waals surface area contributed by atoms with Crippen molar-refractivity contribution in [1.29, 1.82) is 0 Å². The van der Waals surface area contributed by atoms with E-state index in [0.717, 1.165) is 11.1 Å². The predicted octanol–water partition coefficient (Wildman–Crippen LogP) is 3.21. The van der Waals surface area contributed by atoms with E-state index in [1.54, 1.807) is 33.5 Å². The van der Waals surface area contributed by atoms with Crippen molar-refractivity contribution in [2.24, 2.45) is 0 Å². The quantitative estimate of drug-likeness (QED) is 0.643. The second kappa shape index (κ2) is 10.2. The van der Waals surface area contributed by atoms with Crippen molar-refractivity contribution in [2.75, 3.05) is 40.4 Å². The molecule has 0 fully saturated rings. The van der Waals surface area contributed by atoms with Gasteiger partial charge in [-0.15, -0.1) is 0 Å². The third-order valence-electron chi connectivity index (χ3n) is 3.99. The summed E-state index contributed by atoms with van der Waals surface area (Å²) in [4.78, 5) is 11.8. The predicted molar refractivity (Wildman–Crippen MR) is 108 cm³/mol. The number of aliphatic hydroxyl groups is 1. The SMILES string of the molecule is COc1ccc(/C=C\c2cc(OC)c(OC)c(OC)c2)cc1NC(=O)CCO. The van der Waals surface area contributed by atoms with E-state index in [1.165, 1.54) is 7.11 Å². The molecule has 0 heterocycles. The Morgan fingerprint density at radius 3 is 2.04 bits per heavy atom. The van der Waals surface area contributed by atoms with E-state index in [1.807, 2.05) is 30.4 Å². The maximum atomic E-state index is 11.8. The van der Waals surface area contributed by atoms with Crippen LogP contribution in [0.1, 0.15) is 17.5 Å². The van der Waals surface area contributed by atoms with Crippen LogP contribution in [0.25, 0.3) is 12.2 Å². The molecule has 0 aliphatic heterocycles. The Balaban J connectivity index is 2.32. The monoisotopic (exact) mass is 387 g/mol. The van der Waals surface area contributed by atoms with Gasteiger partial charge in [-0.1, -0.05) is 18.2 Å². The normalized spacial score (nSPS) is 10.6. The molecule has 0 radical (unpaired) electrons. The van der Waals surface area contributed by atoms with Gasteiger partial charge in [-0.05, 0) is 35.4 Å². The van der Waals surface area contributed by atoms with Crippen LogP contribution < -0.4 is 24.3 Å². The summed E-state index contributed by atoms with van der Waals surface area (Å²) in [6.07, 6.45) is 3.81. The number of hydrogen-bond donors (Lipinski definition) is 2. The molecule has 0 spiro atoms. The van der Waals surface area contributed by atoms with E-state index in [2.05, 4.69) is 5.32 Å². The molecule has 2 aromatic rings. The van der Waals surface area contributed by atoms with Crippen LogP contribution in [0.4, 0.5) is 5.69 Å². The van der Waals surface area contributed by atoms with Crippen molar-refractivity contribution in [1.82, 2.24) is 0 Å². The molecular formula is C21H25NO6. The Morgan fingerprint density at radius 1 is 0.893 bits per heavy atom. The lowest BCUT2D eigenvalue weighted by Gasteiger charge is -2.13. The Kier molecular flexibility index (Phi) is 7.71. The highest BCUT2D eigenvalue weighted by Gasteiger charge is 2.12. The van der Waals surface area contributed by atoms with Crippen LogP contribution >= 0.6 is 0 Å². The molecule has 0 saturated heterocycles. The molecule has 7 heteroatoms. The molecule has 150 valence electrons. The van der Waals surface area contributed by atoms with Gasteiger partial charge in [0.15, 0.2) is 11.5 Å². The van der Waals surface area contributed by atoms with Gasteiger partial charge in [-0.2, -0.15) is 0 Å². The van der Waals surface area contributed by atoms with Crippen LogP contribution in [0.5, 0.6) is 23.0 Å². The van der Waals surface area contributed by atoms with Crippen molar-refractivity contribution in [3.63, 3.8) is 0 Å². The summed E-state index contributed by atoms with van der Waals surface area (Å²) in [5, 5.41) is 11.6. The first-order valence-electron chi connectivity index (χ1n) is 8.63. The first-order valence-corrected chi connectivity index (χ1v) is 8.63. The molecule has 0 aliphatic rings. The lowest BCUT2D eigenvalue weighted by atomic mass is 10.1. The van der Waals surface area contributed by atoms with Crippen molar-refractivity contribution in [3.05, 3.63) is 41.5 Å². The third-order valence-corrected chi connectivity index (χ3v) is 3.99. The van der Waals surface area contributed by atoms with Crippen LogP contribution in [-0.2, 0) is 4.79 Å². The number of anilines is 1. The van der Waals surface area contributed by atoms with Crippen LogP contribution in [0.2, 0.25) is 0 Å². The van der Waals surface area contributed by atoms with Crippen molar-refractivity contribution in [3.8, 4) is 23.0 Å². The van der Waals surface area contributed by atoms with E-state index < -0.39 is 0 Å². The van der Waals surface area contributed by atoms with Crippen molar-refractivity contribution in [2.45, 2.75) is 6.42 Å².